The molecule has 0 saturated heterocycles. The Kier molecular flexibility index (Phi) is 4.61. The molecule has 0 atom stereocenters. The molecule has 0 spiro atoms. The Hall–Kier alpha value is -1.04. The monoisotopic (exact) mass is 231 g/mol. The number of carbonyl (C=O) groups is 1. The van der Waals surface area contributed by atoms with Crippen LogP contribution < -0.4 is 16.4 Å². The second kappa shape index (κ2) is 5.75. The van der Waals surface area contributed by atoms with Crippen molar-refractivity contribution in [3.8, 4) is 0 Å². The minimum absolute atomic E-state index is 0.349. The van der Waals surface area contributed by atoms with Gasteiger partial charge in [0.1, 0.15) is 0 Å². The topological polar surface area (TPSA) is 87.4 Å². The van der Waals surface area contributed by atoms with Gasteiger partial charge in [-0.1, -0.05) is 0 Å². The van der Waals surface area contributed by atoms with Crippen LogP contribution in [0.25, 0.3) is 0 Å². The van der Waals surface area contributed by atoms with Crippen molar-refractivity contribution < 1.29 is 9.90 Å². The molecule has 1 fully saturated rings. The number of hydrogen-bond donors (Lipinski definition) is 4. The van der Waals surface area contributed by atoms with E-state index in [2.05, 4.69) is 10.6 Å². The molecule has 15 heavy (non-hydrogen) atoms. The molecule has 1 amide bonds. The number of nitrogens with one attached hydrogen (secondary N) is 2. The number of carboxylic acid groups (broad SMARTS) is 1. The van der Waals surface area contributed by atoms with Gasteiger partial charge in [-0.15, -0.1) is 0 Å². The maximum atomic E-state index is 10.3. The molecule has 0 radical (unpaired) electrons. The first-order valence-electron chi connectivity index (χ1n) is 5.10. The molecule has 6 heteroatoms. The molecule has 0 aliphatic heterocycles. The molecular formula is C9H17N3O2S. The summed E-state index contributed by atoms with van der Waals surface area (Å²) in [5, 5.41) is 14.3. The summed E-state index contributed by atoms with van der Waals surface area (Å²) in [6.45, 7) is 0.551. The van der Waals surface area contributed by atoms with Crippen molar-refractivity contribution in [1.29, 1.82) is 0 Å². The quantitative estimate of drug-likeness (QED) is 0.536. The van der Waals surface area contributed by atoms with Crippen molar-refractivity contribution in [2.24, 2.45) is 11.7 Å². The van der Waals surface area contributed by atoms with E-state index >= 15 is 0 Å². The lowest BCUT2D eigenvalue weighted by molar-refractivity contribution is 0.189. The fraction of sp³-hybridized carbons (Fsp3) is 0.778. The first kappa shape index (κ1) is 12.0. The van der Waals surface area contributed by atoms with Crippen molar-refractivity contribution in [3.63, 3.8) is 0 Å². The predicted octanol–water partition coefficient (Wildman–Crippen LogP) is 0.646. The lowest BCUT2D eigenvalue weighted by Crippen LogP contribution is -2.41. The molecule has 1 aliphatic rings. The number of nitrogens with two attached hydrogens (primary N) is 1. The van der Waals surface area contributed by atoms with Crippen LogP contribution in [0.2, 0.25) is 0 Å². The van der Waals surface area contributed by atoms with E-state index in [0.29, 0.717) is 23.6 Å². The molecule has 5 nitrogen and oxygen atoms in total. The van der Waals surface area contributed by atoms with Crippen molar-refractivity contribution in [3.05, 3.63) is 0 Å². The van der Waals surface area contributed by atoms with Gasteiger partial charge in [-0.3, -0.25) is 0 Å². The van der Waals surface area contributed by atoms with Crippen LogP contribution in [0.1, 0.15) is 25.7 Å². The minimum atomic E-state index is -0.946. The van der Waals surface area contributed by atoms with E-state index in [-0.39, 0.29) is 0 Å². The fourth-order valence-electron chi connectivity index (χ4n) is 1.94. The lowest BCUT2D eigenvalue weighted by atomic mass is 9.86. The summed E-state index contributed by atoms with van der Waals surface area (Å²) in [7, 11) is 0. The summed E-state index contributed by atoms with van der Waals surface area (Å²) in [4.78, 5) is 10.3. The van der Waals surface area contributed by atoms with Gasteiger partial charge in [-0.25, -0.2) is 4.79 Å². The Labute approximate surface area is 94.4 Å². The van der Waals surface area contributed by atoms with E-state index in [1.165, 1.54) is 0 Å². The summed E-state index contributed by atoms with van der Waals surface area (Å²) >= 11 is 4.77. The van der Waals surface area contributed by atoms with Gasteiger partial charge in [0.15, 0.2) is 5.11 Å². The summed E-state index contributed by atoms with van der Waals surface area (Å²) < 4.78 is 0. The molecule has 1 aliphatic carbocycles. The molecular weight excluding hydrogens is 214 g/mol. The highest BCUT2D eigenvalue weighted by atomic mass is 32.1. The van der Waals surface area contributed by atoms with Crippen molar-refractivity contribution in [1.82, 2.24) is 10.6 Å². The zero-order valence-electron chi connectivity index (χ0n) is 8.53. The molecule has 86 valence electrons. The molecule has 0 aromatic heterocycles. The lowest BCUT2D eigenvalue weighted by Gasteiger charge is -2.29. The van der Waals surface area contributed by atoms with Crippen LogP contribution in [-0.2, 0) is 0 Å². The number of thiocarbonyl (C=S) groups is 1. The highest BCUT2D eigenvalue weighted by molar-refractivity contribution is 7.80. The standard InChI is InChI=1S/C9H17N3O2S/c10-8(15)12-7-3-1-6(2-4-7)5-11-9(13)14/h6-7,11H,1-5H2,(H,13,14)(H3,10,12,15)/t6-,7-. The normalized spacial score (nSPS) is 25.6. The Morgan fingerprint density at radius 3 is 2.47 bits per heavy atom. The second-order valence-electron chi connectivity index (χ2n) is 3.91. The zero-order chi connectivity index (χ0) is 11.3. The van der Waals surface area contributed by atoms with Gasteiger partial charge in [0.05, 0.1) is 0 Å². The van der Waals surface area contributed by atoms with Gasteiger partial charge in [-0.2, -0.15) is 0 Å². The van der Waals surface area contributed by atoms with Gasteiger partial charge in [0, 0.05) is 12.6 Å². The summed E-state index contributed by atoms with van der Waals surface area (Å²) in [6.07, 6.45) is 3.09. The predicted molar refractivity (Wildman–Crippen MR) is 61.7 cm³/mol. The third-order valence-electron chi connectivity index (χ3n) is 2.74. The number of amides is 1. The first-order chi connectivity index (χ1) is 7.08. The van der Waals surface area contributed by atoms with Gasteiger partial charge in [0.2, 0.25) is 0 Å². The van der Waals surface area contributed by atoms with E-state index in [1.54, 1.807) is 0 Å². The van der Waals surface area contributed by atoms with E-state index in [9.17, 15) is 4.79 Å². The van der Waals surface area contributed by atoms with Gasteiger partial charge in [-0.05, 0) is 43.8 Å². The van der Waals surface area contributed by atoms with Crippen LogP contribution in [0.4, 0.5) is 4.79 Å². The minimum Gasteiger partial charge on any atom is -0.465 e. The SMILES string of the molecule is NC(=S)N[C@H]1CC[C@H](CNC(=O)O)CC1. The Balaban J connectivity index is 2.18. The van der Waals surface area contributed by atoms with Crippen LogP contribution >= 0.6 is 12.2 Å². The Morgan fingerprint density at radius 2 is 2.00 bits per heavy atom. The van der Waals surface area contributed by atoms with Gasteiger partial charge in [0.25, 0.3) is 0 Å². The summed E-state index contributed by atoms with van der Waals surface area (Å²) in [5.74, 6) is 0.450. The molecule has 5 N–H and O–H groups in total. The molecule has 0 aromatic rings. The first-order valence-corrected chi connectivity index (χ1v) is 5.51. The van der Waals surface area contributed by atoms with Gasteiger partial charge >= 0.3 is 6.09 Å². The molecule has 0 aromatic carbocycles. The van der Waals surface area contributed by atoms with Crippen LogP contribution in [0.5, 0.6) is 0 Å². The average Bonchev–Trinajstić information content (AvgIpc) is 2.16. The fourth-order valence-corrected chi connectivity index (χ4v) is 2.11. The maximum absolute atomic E-state index is 10.3. The van der Waals surface area contributed by atoms with Crippen LogP contribution in [0, 0.1) is 5.92 Å². The van der Waals surface area contributed by atoms with Crippen LogP contribution in [0.3, 0.4) is 0 Å². The Morgan fingerprint density at radius 1 is 1.40 bits per heavy atom. The largest absolute Gasteiger partial charge is 0.465 e. The van der Waals surface area contributed by atoms with Crippen molar-refractivity contribution in [2.45, 2.75) is 31.7 Å². The van der Waals surface area contributed by atoms with E-state index in [1.807, 2.05) is 0 Å². The van der Waals surface area contributed by atoms with Crippen LogP contribution in [0.15, 0.2) is 0 Å². The van der Waals surface area contributed by atoms with E-state index < -0.39 is 6.09 Å². The summed E-state index contributed by atoms with van der Waals surface area (Å²) in [5.41, 5.74) is 5.39. The van der Waals surface area contributed by atoms with Crippen molar-refractivity contribution in [2.75, 3.05) is 6.54 Å². The van der Waals surface area contributed by atoms with Crippen LogP contribution in [-0.4, -0.2) is 28.9 Å². The smallest absolute Gasteiger partial charge is 0.404 e. The van der Waals surface area contributed by atoms with E-state index in [0.717, 1.165) is 25.7 Å². The molecule has 1 saturated carbocycles. The second-order valence-corrected chi connectivity index (χ2v) is 4.35. The maximum Gasteiger partial charge on any atom is 0.404 e. The number of hydrogen-bond acceptors (Lipinski definition) is 2. The Bertz CT molecular complexity index is 240. The van der Waals surface area contributed by atoms with E-state index in [4.69, 9.17) is 23.1 Å². The third-order valence-corrected chi connectivity index (χ3v) is 2.85. The molecule has 0 bridgehead atoms. The zero-order valence-corrected chi connectivity index (χ0v) is 9.35. The van der Waals surface area contributed by atoms with Gasteiger partial charge < -0.3 is 21.5 Å². The molecule has 1 rings (SSSR count). The van der Waals surface area contributed by atoms with Crippen molar-refractivity contribution >= 4 is 23.4 Å². The molecule has 0 heterocycles. The molecule has 0 unspecified atom stereocenters. The average molecular weight is 231 g/mol. The number of rotatable bonds is 3. The summed E-state index contributed by atoms with van der Waals surface area (Å²) in [6, 6.07) is 0.364. The highest BCUT2D eigenvalue weighted by Gasteiger charge is 2.21. The third kappa shape index (κ3) is 4.83. The highest BCUT2D eigenvalue weighted by Crippen LogP contribution is 2.23.